The highest BCUT2D eigenvalue weighted by molar-refractivity contribution is 6.03. The molecule has 0 atom stereocenters. The largest absolute Gasteiger partial charge is 0.253 e. The maximum atomic E-state index is 5.16. The van der Waals surface area contributed by atoms with Gasteiger partial charge in [0.05, 0.1) is 11.1 Å². The van der Waals surface area contributed by atoms with Crippen LogP contribution in [0.3, 0.4) is 0 Å². The molecular formula is C32H29N. The molecule has 0 aromatic heterocycles. The van der Waals surface area contributed by atoms with E-state index in [9.17, 15) is 0 Å². The highest BCUT2D eigenvalue weighted by atomic mass is 14.8. The summed E-state index contributed by atoms with van der Waals surface area (Å²) < 4.78 is 0. The molecule has 1 nitrogen and oxygen atoms in total. The van der Waals surface area contributed by atoms with Crippen LogP contribution < -0.4 is 10.4 Å². The van der Waals surface area contributed by atoms with E-state index in [1.54, 1.807) is 0 Å². The van der Waals surface area contributed by atoms with Gasteiger partial charge in [-0.05, 0) is 60.4 Å². The van der Waals surface area contributed by atoms with Crippen molar-refractivity contribution in [3.05, 3.63) is 135 Å². The molecule has 5 rings (SSSR count). The average Bonchev–Trinajstić information content (AvgIpc) is 3.23. The number of aliphatic imine (C=N–C) groups is 1. The molecule has 4 aromatic rings. The lowest BCUT2D eigenvalue weighted by molar-refractivity contribution is 0.919. The van der Waals surface area contributed by atoms with Crippen molar-refractivity contribution in [2.75, 3.05) is 0 Å². The summed E-state index contributed by atoms with van der Waals surface area (Å²) in [6, 6.07) is 32.6. The van der Waals surface area contributed by atoms with Gasteiger partial charge in [-0.1, -0.05) is 109 Å². The van der Waals surface area contributed by atoms with Crippen LogP contribution in [0.25, 0.3) is 12.2 Å². The molecule has 1 aliphatic rings. The molecule has 33 heavy (non-hydrogen) atoms. The van der Waals surface area contributed by atoms with Gasteiger partial charge in [-0.2, -0.15) is 0 Å². The Bertz CT molecular complexity index is 1430. The van der Waals surface area contributed by atoms with Gasteiger partial charge in [-0.15, -0.1) is 0 Å². The maximum Gasteiger partial charge on any atom is 0.0691 e. The van der Waals surface area contributed by atoms with Crippen molar-refractivity contribution in [2.24, 2.45) is 4.99 Å². The van der Waals surface area contributed by atoms with Gasteiger partial charge >= 0.3 is 0 Å². The fraction of sp³-hybridized carbons (Fsp3) is 0.156. The van der Waals surface area contributed by atoms with E-state index in [-0.39, 0.29) is 5.41 Å². The van der Waals surface area contributed by atoms with E-state index in [2.05, 4.69) is 131 Å². The summed E-state index contributed by atoms with van der Waals surface area (Å²) in [5.74, 6) is 0. The minimum absolute atomic E-state index is 0.338. The molecule has 4 aromatic carbocycles. The summed E-state index contributed by atoms with van der Waals surface area (Å²) in [7, 11) is 0. The van der Waals surface area contributed by atoms with Crippen molar-refractivity contribution < 1.29 is 0 Å². The molecule has 0 saturated carbocycles. The van der Waals surface area contributed by atoms with Gasteiger partial charge in [0.2, 0.25) is 0 Å². The third-order valence-electron chi connectivity index (χ3n) is 6.69. The van der Waals surface area contributed by atoms with Gasteiger partial charge in [0.25, 0.3) is 0 Å². The normalized spacial score (nSPS) is 14.4. The van der Waals surface area contributed by atoms with Crippen molar-refractivity contribution >= 4 is 23.6 Å². The van der Waals surface area contributed by atoms with E-state index in [0.29, 0.717) is 0 Å². The fourth-order valence-corrected chi connectivity index (χ4v) is 5.23. The van der Waals surface area contributed by atoms with Crippen LogP contribution in [0, 0.1) is 20.8 Å². The molecule has 0 amide bonds. The van der Waals surface area contributed by atoms with Crippen LogP contribution in [0.1, 0.15) is 40.3 Å². The van der Waals surface area contributed by atoms with Gasteiger partial charge in [0.15, 0.2) is 0 Å². The summed E-state index contributed by atoms with van der Waals surface area (Å²) in [5.41, 5.74) is 9.19. The Morgan fingerprint density at radius 2 is 1.21 bits per heavy atom. The van der Waals surface area contributed by atoms with E-state index in [1.807, 2.05) is 0 Å². The van der Waals surface area contributed by atoms with E-state index >= 15 is 0 Å². The third-order valence-corrected chi connectivity index (χ3v) is 6.69. The van der Waals surface area contributed by atoms with Crippen LogP contribution in [0.5, 0.6) is 0 Å². The average molecular weight is 428 g/mol. The summed E-state index contributed by atoms with van der Waals surface area (Å²) in [6.07, 6.45) is 4.82. The van der Waals surface area contributed by atoms with E-state index in [1.165, 1.54) is 43.8 Å². The summed E-state index contributed by atoms with van der Waals surface area (Å²) in [6.45, 7) is 8.58. The minimum Gasteiger partial charge on any atom is -0.253 e. The van der Waals surface area contributed by atoms with Crippen LogP contribution in [-0.2, 0) is 5.41 Å². The Kier molecular flexibility index (Phi) is 5.34. The van der Waals surface area contributed by atoms with Gasteiger partial charge in [0, 0.05) is 11.3 Å². The highest BCUT2D eigenvalue weighted by Crippen LogP contribution is 2.39. The van der Waals surface area contributed by atoms with Gasteiger partial charge < -0.3 is 0 Å². The molecule has 0 heterocycles. The zero-order valence-corrected chi connectivity index (χ0v) is 19.8. The lowest BCUT2D eigenvalue weighted by Crippen LogP contribution is -2.24. The molecular weight excluding hydrogens is 398 g/mol. The standard InChI is InChI=1S/C32H29N/c1-22-18-23(2)31(24(3)19-22)33-25(4)29-16-10-11-17-30(29)32(28-14-6-5-7-15-28)20-26-12-8-9-13-27(26)21-32/h5-21H,1-4H3. The molecule has 0 bridgehead atoms. The topological polar surface area (TPSA) is 12.4 Å². The number of hydrogen-bond acceptors (Lipinski definition) is 1. The minimum atomic E-state index is -0.338. The SMILES string of the molecule is CC(=Nc1c(C)cc(C)cc1C)c1ccccc1C1(c2ccccc2)C=c2ccccc2=C1. The Morgan fingerprint density at radius 1 is 0.667 bits per heavy atom. The first-order chi connectivity index (χ1) is 16.0. The van der Waals surface area contributed by atoms with Crippen LogP contribution in [0.4, 0.5) is 5.69 Å². The summed E-state index contributed by atoms with van der Waals surface area (Å²) >= 11 is 0. The van der Waals surface area contributed by atoms with Crippen molar-refractivity contribution in [3.8, 4) is 0 Å². The quantitative estimate of drug-likeness (QED) is 0.338. The van der Waals surface area contributed by atoms with Gasteiger partial charge in [0.1, 0.15) is 0 Å². The molecule has 0 fully saturated rings. The summed E-state index contributed by atoms with van der Waals surface area (Å²) in [5, 5.41) is 2.55. The lowest BCUT2D eigenvalue weighted by Gasteiger charge is -2.29. The Labute approximate surface area is 196 Å². The zero-order chi connectivity index (χ0) is 23.0. The van der Waals surface area contributed by atoms with Crippen LogP contribution in [-0.4, -0.2) is 5.71 Å². The molecule has 0 spiro atoms. The predicted octanol–water partition coefficient (Wildman–Crippen LogP) is 6.31. The molecule has 0 unspecified atom stereocenters. The number of nitrogens with zero attached hydrogens (tertiary/aromatic N) is 1. The molecule has 1 heteroatoms. The second kappa shape index (κ2) is 8.33. The maximum absolute atomic E-state index is 5.16. The number of benzene rings is 4. The van der Waals surface area contributed by atoms with Gasteiger partial charge in [-0.25, -0.2) is 0 Å². The van der Waals surface area contributed by atoms with E-state index in [0.717, 1.165) is 11.4 Å². The highest BCUT2D eigenvalue weighted by Gasteiger charge is 2.34. The molecule has 162 valence electrons. The Balaban J connectivity index is 1.75. The zero-order valence-electron chi connectivity index (χ0n) is 19.8. The van der Waals surface area contributed by atoms with Crippen molar-refractivity contribution in [1.82, 2.24) is 0 Å². The number of aryl methyl sites for hydroxylation is 3. The molecule has 0 N–H and O–H groups in total. The molecule has 0 aliphatic heterocycles. The summed E-state index contributed by atoms with van der Waals surface area (Å²) in [4.78, 5) is 5.16. The first-order valence-corrected chi connectivity index (χ1v) is 11.6. The van der Waals surface area contributed by atoms with Crippen molar-refractivity contribution in [3.63, 3.8) is 0 Å². The van der Waals surface area contributed by atoms with Gasteiger partial charge in [-0.3, -0.25) is 4.99 Å². The number of rotatable bonds is 4. The first kappa shape index (κ1) is 21.2. The molecule has 1 aliphatic carbocycles. The van der Waals surface area contributed by atoms with E-state index < -0.39 is 0 Å². The molecule has 0 saturated heterocycles. The monoisotopic (exact) mass is 427 g/mol. The lowest BCUT2D eigenvalue weighted by atomic mass is 9.73. The predicted molar refractivity (Wildman–Crippen MR) is 141 cm³/mol. The Hall–Kier alpha value is -3.71. The van der Waals surface area contributed by atoms with Crippen molar-refractivity contribution in [2.45, 2.75) is 33.1 Å². The third kappa shape index (κ3) is 3.74. The smallest absolute Gasteiger partial charge is 0.0691 e. The second-order valence-corrected chi connectivity index (χ2v) is 9.14. The van der Waals surface area contributed by atoms with Crippen LogP contribution in [0.2, 0.25) is 0 Å². The molecule has 0 radical (unpaired) electrons. The fourth-order valence-electron chi connectivity index (χ4n) is 5.23. The number of fused-ring (bicyclic) bond motifs is 1. The Morgan fingerprint density at radius 3 is 1.85 bits per heavy atom. The first-order valence-electron chi connectivity index (χ1n) is 11.6. The second-order valence-electron chi connectivity index (χ2n) is 9.14. The van der Waals surface area contributed by atoms with Crippen LogP contribution in [0.15, 0.2) is 96.0 Å². The van der Waals surface area contributed by atoms with Crippen molar-refractivity contribution in [1.29, 1.82) is 0 Å². The number of hydrogen-bond donors (Lipinski definition) is 0. The van der Waals surface area contributed by atoms with E-state index in [4.69, 9.17) is 4.99 Å². The van der Waals surface area contributed by atoms with Crippen LogP contribution >= 0.6 is 0 Å².